The number of nitrogens with one attached hydrogen (secondary N) is 1. The smallest absolute Gasteiger partial charge is 0.344 e. The van der Waals surface area contributed by atoms with Crippen molar-refractivity contribution >= 4 is 17.7 Å². The van der Waals surface area contributed by atoms with Gasteiger partial charge in [-0.1, -0.05) is 30.5 Å². The van der Waals surface area contributed by atoms with E-state index in [1.165, 1.54) is 12.8 Å². The van der Waals surface area contributed by atoms with Crippen molar-refractivity contribution < 1.29 is 19.1 Å². The number of hydrogen-bond donors (Lipinski definition) is 1. The predicted molar refractivity (Wildman–Crippen MR) is 105 cm³/mol. The molecule has 0 unspecified atom stereocenters. The minimum absolute atomic E-state index is 0.238. The second-order valence-corrected chi connectivity index (χ2v) is 7.32. The fourth-order valence-corrected chi connectivity index (χ4v) is 3.75. The number of amides is 1. The second kappa shape index (κ2) is 8.91. The van der Waals surface area contributed by atoms with E-state index in [9.17, 15) is 9.59 Å². The van der Waals surface area contributed by atoms with Crippen LogP contribution in [-0.2, 0) is 14.3 Å². The minimum atomic E-state index is -0.584. The van der Waals surface area contributed by atoms with E-state index in [0.717, 1.165) is 29.5 Å². The first-order valence-corrected chi connectivity index (χ1v) is 9.63. The average Bonchev–Trinajstić information content (AvgIpc) is 3.30. The number of carbonyl (C=O) groups excluding carboxylic acids is 2. The molecule has 150 valence electrons. The average molecular weight is 385 g/mol. The van der Waals surface area contributed by atoms with Gasteiger partial charge >= 0.3 is 5.97 Å². The van der Waals surface area contributed by atoms with Crippen LogP contribution in [0.4, 0.5) is 5.82 Å². The predicted octanol–water partition coefficient (Wildman–Crippen LogP) is 3.48. The lowest BCUT2D eigenvalue weighted by molar-refractivity contribution is -0.149. The molecule has 1 N–H and O–H groups in total. The minimum Gasteiger partial charge on any atom is -0.481 e. The number of rotatable bonds is 7. The zero-order chi connectivity index (χ0) is 20.1. The second-order valence-electron chi connectivity index (χ2n) is 7.32. The van der Waals surface area contributed by atoms with Crippen LogP contribution in [0, 0.1) is 20.8 Å². The Hall–Kier alpha value is -2.83. The van der Waals surface area contributed by atoms with Gasteiger partial charge in [-0.25, -0.2) is 9.48 Å². The number of nitrogens with zero attached hydrogens (tertiary/aromatic N) is 2. The lowest BCUT2D eigenvalue weighted by atomic mass is 10.1. The SMILES string of the molecule is Cc1cc(C)c(OCC(=O)OCC(=O)Nc2ccnn2C2CCCC2)c(C)c1. The summed E-state index contributed by atoms with van der Waals surface area (Å²) in [5.74, 6) is 0.331. The zero-order valence-corrected chi connectivity index (χ0v) is 16.7. The van der Waals surface area contributed by atoms with E-state index in [-0.39, 0.29) is 13.2 Å². The molecule has 1 heterocycles. The first-order valence-electron chi connectivity index (χ1n) is 9.63. The lowest BCUT2D eigenvalue weighted by Gasteiger charge is -2.15. The van der Waals surface area contributed by atoms with E-state index in [2.05, 4.69) is 10.4 Å². The monoisotopic (exact) mass is 385 g/mol. The molecule has 1 aliphatic rings. The molecule has 0 spiro atoms. The molecule has 0 bridgehead atoms. The number of esters is 1. The van der Waals surface area contributed by atoms with Crippen LogP contribution in [0.2, 0.25) is 0 Å². The van der Waals surface area contributed by atoms with E-state index in [0.29, 0.717) is 17.6 Å². The number of hydrogen-bond acceptors (Lipinski definition) is 5. The van der Waals surface area contributed by atoms with E-state index in [1.807, 2.05) is 37.6 Å². The van der Waals surface area contributed by atoms with Crippen molar-refractivity contribution in [3.8, 4) is 5.75 Å². The molecular weight excluding hydrogens is 358 g/mol. The largest absolute Gasteiger partial charge is 0.481 e. The summed E-state index contributed by atoms with van der Waals surface area (Å²) in [4.78, 5) is 24.1. The molecule has 1 aliphatic carbocycles. The fraction of sp³-hybridized carbons (Fsp3) is 0.476. The van der Waals surface area contributed by atoms with E-state index in [4.69, 9.17) is 9.47 Å². The third-order valence-corrected chi connectivity index (χ3v) is 4.91. The van der Waals surface area contributed by atoms with Crippen molar-refractivity contribution in [2.24, 2.45) is 0 Å². The summed E-state index contributed by atoms with van der Waals surface area (Å²) >= 11 is 0. The van der Waals surface area contributed by atoms with Crippen LogP contribution in [0.5, 0.6) is 5.75 Å². The van der Waals surface area contributed by atoms with Gasteiger partial charge in [0.2, 0.25) is 0 Å². The first kappa shape index (κ1) is 19.9. The van der Waals surface area contributed by atoms with Crippen LogP contribution < -0.4 is 10.1 Å². The number of aryl methyl sites for hydroxylation is 3. The van der Waals surface area contributed by atoms with Gasteiger partial charge in [0.05, 0.1) is 12.2 Å². The number of carbonyl (C=O) groups is 2. The van der Waals surface area contributed by atoms with Gasteiger partial charge in [-0.2, -0.15) is 5.10 Å². The maximum absolute atomic E-state index is 12.1. The van der Waals surface area contributed by atoms with Crippen LogP contribution in [0.1, 0.15) is 48.4 Å². The van der Waals surface area contributed by atoms with E-state index >= 15 is 0 Å². The summed E-state index contributed by atoms with van der Waals surface area (Å²) in [5, 5.41) is 7.07. The molecule has 1 aromatic heterocycles. The van der Waals surface area contributed by atoms with Gasteiger partial charge in [-0.3, -0.25) is 4.79 Å². The maximum Gasteiger partial charge on any atom is 0.344 e. The molecule has 0 aliphatic heterocycles. The molecule has 1 aromatic carbocycles. The Kier molecular flexibility index (Phi) is 6.34. The number of benzene rings is 1. The third-order valence-electron chi connectivity index (χ3n) is 4.91. The summed E-state index contributed by atoms with van der Waals surface area (Å²) in [7, 11) is 0. The number of anilines is 1. The normalized spacial score (nSPS) is 14.1. The van der Waals surface area contributed by atoms with Gasteiger partial charge in [0, 0.05) is 6.07 Å². The molecule has 28 heavy (non-hydrogen) atoms. The lowest BCUT2D eigenvalue weighted by Crippen LogP contribution is -2.25. The highest BCUT2D eigenvalue weighted by Crippen LogP contribution is 2.31. The Morgan fingerprint density at radius 2 is 1.82 bits per heavy atom. The molecule has 0 saturated heterocycles. The van der Waals surface area contributed by atoms with Crippen molar-refractivity contribution in [3.05, 3.63) is 41.1 Å². The highest BCUT2D eigenvalue weighted by atomic mass is 16.6. The molecular formula is C21H27N3O4. The van der Waals surface area contributed by atoms with Crippen molar-refractivity contribution in [1.82, 2.24) is 9.78 Å². The Morgan fingerprint density at radius 3 is 2.50 bits per heavy atom. The molecule has 1 amide bonds. The van der Waals surface area contributed by atoms with Gasteiger partial charge in [0.1, 0.15) is 11.6 Å². The first-order chi connectivity index (χ1) is 13.4. The van der Waals surface area contributed by atoms with Crippen LogP contribution in [0.3, 0.4) is 0 Å². The number of aromatic nitrogens is 2. The summed E-state index contributed by atoms with van der Waals surface area (Å²) < 4.78 is 12.5. The van der Waals surface area contributed by atoms with Crippen molar-refractivity contribution in [2.75, 3.05) is 18.5 Å². The summed E-state index contributed by atoms with van der Waals surface area (Å²) in [6, 6.07) is 6.06. The van der Waals surface area contributed by atoms with Gasteiger partial charge in [-0.15, -0.1) is 0 Å². The molecule has 0 radical (unpaired) electrons. The molecule has 0 atom stereocenters. The Balaban J connectivity index is 1.46. The molecule has 7 heteroatoms. The highest BCUT2D eigenvalue weighted by molar-refractivity contribution is 5.92. The van der Waals surface area contributed by atoms with Crippen LogP contribution in [0.15, 0.2) is 24.4 Å². The van der Waals surface area contributed by atoms with Crippen LogP contribution >= 0.6 is 0 Å². The molecule has 3 rings (SSSR count). The topological polar surface area (TPSA) is 82.4 Å². The quantitative estimate of drug-likeness (QED) is 0.738. The summed E-state index contributed by atoms with van der Waals surface area (Å²) in [6.45, 7) is 5.28. The van der Waals surface area contributed by atoms with Gasteiger partial charge < -0.3 is 14.8 Å². The van der Waals surface area contributed by atoms with Crippen molar-refractivity contribution in [3.63, 3.8) is 0 Å². The highest BCUT2D eigenvalue weighted by Gasteiger charge is 2.20. The van der Waals surface area contributed by atoms with Crippen LogP contribution in [0.25, 0.3) is 0 Å². The Labute approximate surface area is 165 Å². The van der Waals surface area contributed by atoms with Crippen LogP contribution in [-0.4, -0.2) is 34.9 Å². The van der Waals surface area contributed by atoms with Crippen molar-refractivity contribution in [1.29, 1.82) is 0 Å². The summed E-state index contributed by atoms with van der Waals surface area (Å²) in [5.41, 5.74) is 3.06. The zero-order valence-electron chi connectivity index (χ0n) is 16.7. The Morgan fingerprint density at radius 1 is 1.14 bits per heavy atom. The van der Waals surface area contributed by atoms with Gasteiger partial charge in [0.25, 0.3) is 5.91 Å². The standard InChI is InChI=1S/C21H27N3O4/c1-14-10-15(2)21(16(3)11-14)28-13-20(26)27-12-19(25)23-18-8-9-22-24(18)17-6-4-5-7-17/h8-11,17H,4-7,12-13H2,1-3H3,(H,23,25). The molecule has 7 nitrogen and oxygen atoms in total. The maximum atomic E-state index is 12.1. The molecule has 1 saturated carbocycles. The number of ether oxygens (including phenoxy) is 2. The molecule has 2 aromatic rings. The van der Waals surface area contributed by atoms with E-state index < -0.39 is 11.9 Å². The third kappa shape index (κ3) is 4.91. The van der Waals surface area contributed by atoms with E-state index in [1.54, 1.807) is 12.3 Å². The summed E-state index contributed by atoms with van der Waals surface area (Å²) in [6.07, 6.45) is 6.15. The Bertz CT molecular complexity index is 830. The molecule has 1 fully saturated rings. The van der Waals surface area contributed by atoms with Crippen molar-refractivity contribution in [2.45, 2.75) is 52.5 Å². The van der Waals surface area contributed by atoms with Gasteiger partial charge in [0.15, 0.2) is 13.2 Å². The van der Waals surface area contributed by atoms with Gasteiger partial charge in [-0.05, 0) is 44.7 Å². The fourth-order valence-electron chi connectivity index (χ4n) is 3.75.